The van der Waals surface area contributed by atoms with E-state index in [1.165, 1.54) is 0 Å². The smallest absolute Gasteiger partial charge is 0.107 e. The number of rotatable bonds is 5. The Labute approximate surface area is 122 Å². The first-order chi connectivity index (χ1) is 8.91. The van der Waals surface area contributed by atoms with Gasteiger partial charge >= 0.3 is 0 Å². The minimum atomic E-state index is -0.448. The number of hydrazine groups is 1. The third-order valence-electron chi connectivity index (χ3n) is 3.74. The van der Waals surface area contributed by atoms with Crippen molar-refractivity contribution >= 4 is 0 Å². The molecule has 2 heterocycles. The molecule has 0 amide bonds. The average molecular weight is 279 g/mol. The largest absolute Gasteiger partial charge is 0.344 e. The predicted octanol–water partition coefficient (Wildman–Crippen LogP) is 2.10. The summed E-state index contributed by atoms with van der Waals surface area (Å²) < 4.78 is 0. The van der Waals surface area contributed by atoms with Crippen LogP contribution in [0.5, 0.6) is 0 Å². The van der Waals surface area contributed by atoms with E-state index in [9.17, 15) is 0 Å². The molecule has 5 heteroatoms. The molecule has 114 valence electrons. The molecule has 2 rings (SSSR count). The highest BCUT2D eigenvalue weighted by molar-refractivity contribution is 5.33. The van der Waals surface area contributed by atoms with Crippen molar-refractivity contribution in [3.8, 4) is 0 Å². The van der Waals surface area contributed by atoms with Crippen LogP contribution in [0.15, 0.2) is 36.2 Å². The Morgan fingerprint density at radius 3 is 2.45 bits per heavy atom. The number of nitrogens with two attached hydrogens (primary N) is 1. The normalized spacial score (nSPS) is 24.4. The van der Waals surface area contributed by atoms with Crippen molar-refractivity contribution in [3.63, 3.8) is 0 Å². The van der Waals surface area contributed by atoms with Gasteiger partial charge in [0.1, 0.15) is 5.66 Å². The maximum atomic E-state index is 6.44. The summed E-state index contributed by atoms with van der Waals surface area (Å²) in [5.41, 5.74) is 10.5. The Hall–Kier alpha value is -1.14. The monoisotopic (exact) mass is 279 g/mol. The molecule has 2 aliphatic rings. The summed E-state index contributed by atoms with van der Waals surface area (Å²) in [5.74, 6) is 0. The minimum absolute atomic E-state index is 0. The van der Waals surface area contributed by atoms with Crippen molar-refractivity contribution in [1.82, 2.24) is 21.5 Å². The van der Waals surface area contributed by atoms with Gasteiger partial charge in [-0.15, -0.1) is 0 Å². The van der Waals surface area contributed by atoms with Crippen LogP contribution in [0, 0.1) is 0 Å². The Kier molecular flexibility index (Phi) is 5.53. The molecular weight excluding hydrogens is 250 g/mol. The topological polar surface area (TPSA) is 79.5 Å². The molecule has 0 fully saturated rings. The molecule has 20 heavy (non-hydrogen) atoms. The maximum Gasteiger partial charge on any atom is 0.107 e. The molecule has 0 aromatic carbocycles. The summed E-state index contributed by atoms with van der Waals surface area (Å²) in [4.78, 5) is 2.47. The van der Waals surface area contributed by atoms with Crippen molar-refractivity contribution in [2.45, 2.75) is 51.9 Å². The molecule has 0 saturated heterocycles. The van der Waals surface area contributed by atoms with Crippen LogP contribution in [0.1, 0.15) is 34.1 Å². The zero-order chi connectivity index (χ0) is 14.0. The zero-order valence-electron chi connectivity index (χ0n) is 13.1. The van der Waals surface area contributed by atoms with Gasteiger partial charge in [-0.1, -0.05) is 6.08 Å². The molecule has 5 nitrogen and oxygen atoms in total. The first kappa shape index (κ1) is 16.9. The molecule has 1 atom stereocenters. The lowest BCUT2D eigenvalue weighted by Crippen LogP contribution is -2.54. The predicted molar refractivity (Wildman–Crippen MR) is 84.9 cm³/mol. The Balaban J connectivity index is 0.00000200. The molecule has 2 aliphatic heterocycles. The molecule has 6 N–H and O–H groups in total. The summed E-state index contributed by atoms with van der Waals surface area (Å²) in [6.07, 6.45) is 11.1. The lowest BCUT2D eigenvalue weighted by Gasteiger charge is -2.34. The van der Waals surface area contributed by atoms with Gasteiger partial charge in [-0.3, -0.25) is 9.91 Å². The standard InChI is InChI=1S/C15H26N4.H3N/c1-12(2)18(13(3)4)10-8-15(16)11-14-7-5-6-9-19(14)17-15;/h5-7,9,11-13,17H,8,10,16H2,1-4H3;1H3. The average Bonchev–Trinajstić information content (AvgIpc) is 2.64. The van der Waals surface area contributed by atoms with Crippen molar-refractivity contribution in [2.24, 2.45) is 5.73 Å². The Bertz CT molecular complexity index is 402. The second kappa shape index (κ2) is 6.54. The van der Waals surface area contributed by atoms with E-state index in [1.807, 2.05) is 23.4 Å². The fraction of sp³-hybridized carbons (Fsp3) is 0.600. The molecule has 0 radical (unpaired) electrons. The number of fused-ring (bicyclic) bond motifs is 1. The van der Waals surface area contributed by atoms with Gasteiger partial charge in [0.15, 0.2) is 0 Å². The summed E-state index contributed by atoms with van der Waals surface area (Å²) in [6, 6.07) is 1.08. The fourth-order valence-electron chi connectivity index (χ4n) is 2.75. The van der Waals surface area contributed by atoms with E-state index in [0.29, 0.717) is 12.1 Å². The van der Waals surface area contributed by atoms with Crippen LogP contribution in [-0.4, -0.2) is 34.2 Å². The van der Waals surface area contributed by atoms with Crippen molar-refractivity contribution in [2.75, 3.05) is 6.54 Å². The van der Waals surface area contributed by atoms with Crippen LogP contribution in [0.4, 0.5) is 0 Å². The molecule has 0 saturated carbocycles. The van der Waals surface area contributed by atoms with Gasteiger partial charge < -0.3 is 11.9 Å². The van der Waals surface area contributed by atoms with Gasteiger partial charge in [-0.25, -0.2) is 5.43 Å². The zero-order valence-corrected chi connectivity index (χ0v) is 13.1. The molecular formula is C15H29N5. The van der Waals surface area contributed by atoms with E-state index >= 15 is 0 Å². The third-order valence-corrected chi connectivity index (χ3v) is 3.74. The number of allylic oxidation sites excluding steroid dienone is 3. The summed E-state index contributed by atoms with van der Waals surface area (Å²) in [6.45, 7) is 9.93. The van der Waals surface area contributed by atoms with E-state index < -0.39 is 5.66 Å². The summed E-state index contributed by atoms with van der Waals surface area (Å²) >= 11 is 0. The van der Waals surface area contributed by atoms with Gasteiger partial charge in [0.05, 0.1) is 5.70 Å². The van der Waals surface area contributed by atoms with E-state index in [0.717, 1.165) is 18.7 Å². The first-order valence-electron chi connectivity index (χ1n) is 7.11. The Morgan fingerprint density at radius 1 is 1.25 bits per heavy atom. The molecule has 1 unspecified atom stereocenters. The number of nitrogens with zero attached hydrogens (tertiary/aromatic N) is 2. The second-order valence-corrected chi connectivity index (χ2v) is 5.97. The summed E-state index contributed by atoms with van der Waals surface area (Å²) in [7, 11) is 0. The van der Waals surface area contributed by atoms with Crippen LogP contribution in [0.3, 0.4) is 0 Å². The van der Waals surface area contributed by atoms with E-state index in [4.69, 9.17) is 5.73 Å². The van der Waals surface area contributed by atoms with Crippen molar-refractivity contribution in [1.29, 1.82) is 0 Å². The Morgan fingerprint density at radius 2 is 1.90 bits per heavy atom. The highest BCUT2D eigenvalue weighted by Crippen LogP contribution is 2.24. The van der Waals surface area contributed by atoms with Crippen LogP contribution in [0.2, 0.25) is 0 Å². The van der Waals surface area contributed by atoms with Crippen molar-refractivity contribution < 1.29 is 0 Å². The molecule has 0 bridgehead atoms. The molecule has 0 spiro atoms. The van der Waals surface area contributed by atoms with Gasteiger partial charge in [0.2, 0.25) is 0 Å². The number of nitrogens with one attached hydrogen (secondary N) is 1. The lowest BCUT2D eigenvalue weighted by atomic mass is 10.1. The number of hydrogen-bond donors (Lipinski definition) is 3. The van der Waals surface area contributed by atoms with Crippen LogP contribution in [-0.2, 0) is 0 Å². The highest BCUT2D eigenvalue weighted by atomic mass is 15.6. The first-order valence-corrected chi connectivity index (χ1v) is 7.11. The maximum absolute atomic E-state index is 6.44. The van der Waals surface area contributed by atoms with Gasteiger partial charge in [-0.2, -0.15) is 0 Å². The minimum Gasteiger partial charge on any atom is -0.344 e. The fourth-order valence-corrected chi connectivity index (χ4v) is 2.75. The molecule has 0 aliphatic carbocycles. The lowest BCUT2D eigenvalue weighted by molar-refractivity contribution is 0.148. The van der Waals surface area contributed by atoms with Crippen LogP contribution < -0.4 is 17.3 Å². The van der Waals surface area contributed by atoms with Crippen LogP contribution in [0.25, 0.3) is 0 Å². The SMILES string of the molecule is CC(C)N(CCC1(N)C=C2C=CC=CN2N1)C(C)C.N. The van der Waals surface area contributed by atoms with Gasteiger partial charge in [0, 0.05) is 24.8 Å². The van der Waals surface area contributed by atoms with E-state index in [2.05, 4.69) is 50.2 Å². The molecule has 0 aromatic rings. The van der Waals surface area contributed by atoms with Gasteiger partial charge in [-0.05, 0) is 52.3 Å². The van der Waals surface area contributed by atoms with Gasteiger partial charge in [0.25, 0.3) is 0 Å². The van der Waals surface area contributed by atoms with Crippen molar-refractivity contribution in [3.05, 3.63) is 36.2 Å². The molecule has 0 aromatic heterocycles. The van der Waals surface area contributed by atoms with Crippen LogP contribution >= 0.6 is 0 Å². The van der Waals surface area contributed by atoms with E-state index in [-0.39, 0.29) is 6.15 Å². The number of hydrogen-bond acceptors (Lipinski definition) is 5. The highest BCUT2D eigenvalue weighted by Gasteiger charge is 2.32. The quantitative estimate of drug-likeness (QED) is 0.718. The van der Waals surface area contributed by atoms with E-state index in [1.54, 1.807) is 0 Å². The summed E-state index contributed by atoms with van der Waals surface area (Å²) in [5, 5.41) is 2.00. The third kappa shape index (κ3) is 3.70. The second-order valence-electron chi connectivity index (χ2n) is 5.97.